The highest BCUT2D eigenvalue weighted by Crippen LogP contribution is 2.42. The Morgan fingerprint density at radius 3 is 2.00 bits per heavy atom. The van der Waals surface area contributed by atoms with E-state index in [2.05, 4.69) is 0 Å². The van der Waals surface area contributed by atoms with Crippen LogP contribution >= 0.6 is 0 Å². The summed E-state index contributed by atoms with van der Waals surface area (Å²) in [5.74, 6) is -0.639. The number of rotatable bonds is 2. The SMILES string of the molecule is COc1ccc(OC)c2c1C(=O)c1ccc3c(c1C2=O)C(=O)CC(C)(O)C3. The number of hydrogen-bond donors (Lipinski definition) is 1. The van der Waals surface area contributed by atoms with Gasteiger partial charge in [0.25, 0.3) is 0 Å². The molecule has 27 heavy (non-hydrogen) atoms. The zero-order valence-electron chi connectivity index (χ0n) is 15.2. The van der Waals surface area contributed by atoms with Crippen LogP contribution in [0.1, 0.15) is 61.1 Å². The molecule has 6 nitrogen and oxygen atoms in total. The fraction of sp³-hybridized carbons (Fsp3) is 0.286. The molecule has 1 N–H and O–H groups in total. The fourth-order valence-electron chi connectivity index (χ4n) is 4.06. The second kappa shape index (κ2) is 5.76. The minimum atomic E-state index is -1.17. The van der Waals surface area contributed by atoms with Crippen LogP contribution in [0.25, 0.3) is 0 Å². The van der Waals surface area contributed by atoms with Crippen LogP contribution in [0, 0.1) is 0 Å². The highest BCUT2D eigenvalue weighted by atomic mass is 16.5. The van der Waals surface area contributed by atoms with E-state index in [1.165, 1.54) is 14.2 Å². The molecule has 0 saturated heterocycles. The predicted molar refractivity (Wildman–Crippen MR) is 96.1 cm³/mol. The Morgan fingerprint density at radius 1 is 0.815 bits per heavy atom. The maximum atomic E-state index is 13.4. The second-order valence-corrected chi connectivity index (χ2v) is 7.17. The molecule has 1 atom stereocenters. The van der Waals surface area contributed by atoms with Gasteiger partial charge in [-0.3, -0.25) is 14.4 Å². The number of ketones is 3. The van der Waals surface area contributed by atoms with E-state index in [0.717, 1.165) is 0 Å². The Bertz CT molecular complexity index is 1030. The van der Waals surface area contributed by atoms with Crippen LogP contribution in [0.2, 0.25) is 0 Å². The summed E-state index contributed by atoms with van der Waals surface area (Å²) < 4.78 is 10.6. The molecule has 0 spiro atoms. The molecule has 138 valence electrons. The van der Waals surface area contributed by atoms with Crippen LogP contribution in [0.5, 0.6) is 11.5 Å². The van der Waals surface area contributed by atoms with Gasteiger partial charge in [0.1, 0.15) is 11.5 Å². The van der Waals surface area contributed by atoms with Gasteiger partial charge in [0.15, 0.2) is 17.3 Å². The van der Waals surface area contributed by atoms with Crippen molar-refractivity contribution in [3.8, 4) is 11.5 Å². The molecule has 0 saturated carbocycles. The topological polar surface area (TPSA) is 89.9 Å². The van der Waals surface area contributed by atoms with Crippen LogP contribution in [0.4, 0.5) is 0 Å². The first-order valence-electron chi connectivity index (χ1n) is 8.55. The summed E-state index contributed by atoms with van der Waals surface area (Å²) in [4.78, 5) is 39.3. The van der Waals surface area contributed by atoms with E-state index in [4.69, 9.17) is 9.47 Å². The number of carbonyl (C=O) groups is 3. The Kier molecular flexibility index (Phi) is 3.71. The van der Waals surface area contributed by atoms with E-state index < -0.39 is 11.4 Å². The summed E-state index contributed by atoms with van der Waals surface area (Å²) in [6.07, 6.45) is 0.144. The summed E-state index contributed by atoms with van der Waals surface area (Å²) in [7, 11) is 2.84. The van der Waals surface area contributed by atoms with Crippen molar-refractivity contribution in [2.45, 2.75) is 25.4 Å². The molecule has 0 fully saturated rings. The molecular formula is C21H18O6. The van der Waals surface area contributed by atoms with Gasteiger partial charge in [-0.1, -0.05) is 6.07 Å². The van der Waals surface area contributed by atoms with Crippen molar-refractivity contribution < 1.29 is 29.0 Å². The van der Waals surface area contributed by atoms with Crippen molar-refractivity contribution in [3.63, 3.8) is 0 Å². The third-order valence-electron chi connectivity index (χ3n) is 5.18. The number of benzene rings is 2. The van der Waals surface area contributed by atoms with Gasteiger partial charge < -0.3 is 14.6 Å². The summed E-state index contributed by atoms with van der Waals surface area (Å²) in [5, 5.41) is 10.3. The smallest absolute Gasteiger partial charge is 0.199 e. The van der Waals surface area contributed by atoms with Gasteiger partial charge in [0, 0.05) is 29.5 Å². The van der Waals surface area contributed by atoms with Crippen molar-refractivity contribution >= 4 is 17.3 Å². The Morgan fingerprint density at radius 2 is 1.41 bits per heavy atom. The molecule has 0 amide bonds. The summed E-state index contributed by atoms with van der Waals surface area (Å²) in [6.45, 7) is 1.59. The monoisotopic (exact) mass is 366 g/mol. The third kappa shape index (κ3) is 2.40. The normalized spacial score (nSPS) is 20.7. The third-order valence-corrected chi connectivity index (χ3v) is 5.18. The minimum Gasteiger partial charge on any atom is -0.496 e. The zero-order chi connectivity index (χ0) is 19.5. The van der Waals surface area contributed by atoms with E-state index in [9.17, 15) is 19.5 Å². The predicted octanol–water partition coefficient (Wildman–Crippen LogP) is 2.36. The van der Waals surface area contributed by atoms with Gasteiger partial charge in [0.05, 0.1) is 30.9 Å². The quantitative estimate of drug-likeness (QED) is 0.749. The number of ether oxygens (including phenoxy) is 2. The van der Waals surface area contributed by atoms with E-state index >= 15 is 0 Å². The average Bonchev–Trinajstić information content (AvgIpc) is 2.62. The Labute approximate surface area is 155 Å². The molecule has 2 aromatic rings. The lowest BCUT2D eigenvalue weighted by molar-refractivity contribution is 0.0409. The van der Waals surface area contributed by atoms with E-state index in [1.807, 2.05) is 0 Å². The molecule has 2 aromatic carbocycles. The Hall–Kier alpha value is -2.99. The van der Waals surface area contributed by atoms with Crippen LogP contribution in [0.3, 0.4) is 0 Å². The maximum Gasteiger partial charge on any atom is 0.199 e. The number of fused-ring (bicyclic) bond motifs is 4. The first-order chi connectivity index (χ1) is 12.8. The van der Waals surface area contributed by atoms with Gasteiger partial charge in [-0.05, 0) is 30.7 Å². The molecule has 1 unspecified atom stereocenters. The number of Topliss-reactive ketones (excluding diaryl/α,β-unsaturated/α-hetero) is 1. The molecule has 6 heteroatoms. The van der Waals surface area contributed by atoms with Gasteiger partial charge >= 0.3 is 0 Å². The zero-order valence-corrected chi connectivity index (χ0v) is 15.2. The highest BCUT2D eigenvalue weighted by Gasteiger charge is 2.42. The molecule has 0 heterocycles. The van der Waals surface area contributed by atoms with Crippen LogP contribution in [0.15, 0.2) is 24.3 Å². The molecule has 0 aromatic heterocycles. The van der Waals surface area contributed by atoms with E-state index in [0.29, 0.717) is 5.56 Å². The summed E-state index contributed by atoms with van der Waals surface area (Å²) in [6, 6.07) is 6.33. The lowest BCUT2D eigenvalue weighted by atomic mass is 9.73. The first-order valence-corrected chi connectivity index (χ1v) is 8.55. The summed E-state index contributed by atoms with van der Waals surface area (Å²) in [5.41, 5.74) is 0.148. The second-order valence-electron chi connectivity index (χ2n) is 7.17. The number of hydrogen-bond acceptors (Lipinski definition) is 6. The molecule has 0 aliphatic heterocycles. The summed E-state index contributed by atoms with van der Waals surface area (Å²) >= 11 is 0. The van der Waals surface area contributed by atoms with Crippen molar-refractivity contribution in [1.29, 1.82) is 0 Å². The lowest BCUT2D eigenvalue weighted by Crippen LogP contribution is -2.37. The minimum absolute atomic E-state index is 0.0945. The van der Waals surface area contributed by atoms with E-state index in [-0.39, 0.29) is 63.7 Å². The number of aliphatic hydroxyl groups is 1. The molecular weight excluding hydrogens is 348 g/mol. The van der Waals surface area contributed by atoms with Crippen molar-refractivity contribution in [2.24, 2.45) is 0 Å². The Balaban J connectivity index is 2.03. The van der Waals surface area contributed by atoms with E-state index in [1.54, 1.807) is 31.2 Å². The lowest BCUT2D eigenvalue weighted by Gasteiger charge is -2.32. The highest BCUT2D eigenvalue weighted by molar-refractivity contribution is 6.32. The molecule has 4 rings (SSSR count). The van der Waals surface area contributed by atoms with Crippen molar-refractivity contribution in [2.75, 3.05) is 14.2 Å². The molecule has 0 bridgehead atoms. The van der Waals surface area contributed by atoms with Crippen molar-refractivity contribution in [1.82, 2.24) is 0 Å². The fourth-order valence-corrected chi connectivity index (χ4v) is 4.06. The molecule has 2 aliphatic carbocycles. The van der Waals surface area contributed by atoms with Crippen LogP contribution in [-0.2, 0) is 6.42 Å². The number of methoxy groups -OCH3 is 2. The number of carbonyl (C=O) groups excluding carboxylic acids is 3. The standard InChI is InChI=1S/C21H18O6/c1-21(25)8-10-4-5-11-16(15(10)12(22)9-21)20(24)18-14(27-3)7-6-13(26-2)17(18)19(11)23/h4-7,25H,8-9H2,1-3H3. The van der Waals surface area contributed by atoms with Crippen LogP contribution in [-0.4, -0.2) is 42.3 Å². The molecule has 2 aliphatic rings. The van der Waals surface area contributed by atoms with Gasteiger partial charge in [-0.2, -0.15) is 0 Å². The van der Waals surface area contributed by atoms with Gasteiger partial charge in [-0.25, -0.2) is 0 Å². The molecule has 0 radical (unpaired) electrons. The first kappa shape index (κ1) is 17.4. The van der Waals surface area contributed by atoms with Gasteiger partial charge in [0.2, 0.25) is 0 Å². The largest absolute Gasteiger partial charge is 0.496 e. The average molecular weight is 366 g/mol. The van der Waals surface area contributed by atoms with Crippen molar-refractivity contribution in [3.05, 3.63) is 57.6 Å². The van der Waals surface area contributed by atoms with Crippen LogP contribution < -0.4 is 9.47 Å². The van der Waals surface area contributed by atoms with Gasteiger partial charge in [-0.15, -0.1) is 0 Å². The maximum absolute atomic E-state index is 13.4.